The number of primary amides is 1. The van der Waals surface area contributed by atoms with E-state index in [9.17, 15) is 14.9 Å². The van der Waals surface area contributed by atoms with Gasteiger partial charge in [0.05, 0.1) is 16.3 Å². The summed E-state index contributed by atoms with van der Waals surface area (Å²) >= 11 is 0. The number of pyridine rings is 1. The Morgan fingerprint density at radius 2 is 1.27 bits per heavy atom. The van der Waals surface area contributed by atoms with Crippen molar-refractivity contribution >= 4 is 11.6 Å². The minimum absolute atomic E-state index is 0.0280. The first-order valence-corrected chi connectivity index (χ1v) is 9.24. The fourth-order valence-electron chi connectivity index (χ4n) is 3.18. The first-order chi connectivity index (χ1) is 14.5. The number of amides is 1. The molecule has 0 unspecified atom stereocenters. The number of benzene rings is 3. The van der Waals surface area contributed by atoms with Crippen LogP contribution >= 0.6 is 0 Å². The molecular weight excluding hydrogens is 378 g/mol. The van der Waals surface area contributed by atoms with Crippen LogP contribution in [0.2, 0.25) is 0 Å². The normalized spacial score (nSPS) is 10.5. The van der Waals surface area contributed by atoms with Crippen LogP contribution in [0.1, 0.15) is 10.4 Å². The highest BCUT2D eigenvalue weighted by atomic mass is 16.6. The topological polar surface area (TPSA) is 99.1 Å². The Morgan fingerprint density at radius 3 is 1.80 bits per heavy atom. The molecule has 6 nitrogen and oxygen atoms in total. The molecule has 3 aromatic carbocycles. The fourth-order valence-corrected chi connectivity index (χ4v) is 3.18. The Hall–Kier alpha value is -4.32. The molecule has 0 aliphatic heterocycles. The van der Waals surface area contributed by atoms with Gasteiger partial charge >= 0.3 is 0 Å². The molecule has 146 valence electrons. The average molecular weight is 395 g/mol. The first kappa shape index (κ1) is 19.0. The third-order valence-corrected chi connectivity index (χ3v) is 4.77. The highest BCUT2D eigenvalue weighted by molar-refractivity contribution is 5.93. The number of aromatic nitrogens is 1. The Morgan fingerprint density at radius 1 is 0.733 bits per heavy atom. The van der Waals surface area contributed by atoms with Crippen molar-refractivity contribution in [3.63, 3.8) is 0 Å². The number of carbonyl (C=O) groups excluding carboxylic acids is 1. The number of nitro benzene ring substituents is 1. The molecule has 1 amide bonds. The van der Waals surface area contributed by atoms with Crippen LogP contribution in [-0.4, -0.2) is 15.8 Å². The van der Waals surface area contributed by atoms with Gasteiger partial charge in [-0.05, 0) is 47.5 Å². The lowest BCUT2D eigenvalue weighted by Gasteiger charge is -2.10. The van der Waals surface area contributed by atoms with E-state index < -0.39 is 10.8 Å². The molecule has 30 heavy (non-hydrogen) atoms. The van der Waals surface area contributed by atoms with Gasteiger partial charge in [0.1, 0.15) is 0 Å². The van der Waals surface area contributed by atoms with Crippen LogP contribution in [0, 0.1) is 10.1 Å². The van der Waals surface area contributed by atoms with Gasteiger partial charge in [0.2, 0.25) is 5.91 Å². The quantitative estimate of drug-likeness (QED) is 0.376. The molecule has 0 bridgehead atoms. The molecule has 0 spiro atoms. The molecule has 0 radical (unpaired) electrons. The molecule has 0 saturated heterocycles. The third kappa shape index (κ3) is 3.93. The predicted octanol–water partition coefficient (Wildman–Crippen LogP) is 5.09. The van der Waals surface area contributed by atoms with E-state index in [0.29, 0.717) is 11.3 Å². The number of non-ortho nitro benzene ring substituents is 1. The zero-order valence-electron chi connectivity index (χ0n) is 15.9. The van der Waals surface area contributed by atoms with E-state index in [0.717, 1.165) is 27.9 Å². The number of nitrogens with zero attached hydrogens (tertiary/aromatic N) is 2. The monoisotopic (exact) mass is 395 g/mol. The highest BCUT2D eigenvalue weighted by Gasteiger charge is 2.11. The molecule has 0 saturated carbocycles. The van der Waals surface area contributed by atoms with E-state index in [-0.39, 0.29) is 5.69 Å². The van der Waals surface area contributed by atoms with Gasteiger partial charge < -0.3 is 5.73 Å². The Bertz CT molecular complexity index is 1140. The Labute approximate surface area is 172 Å². The van der Waals surface area contributed by atoms with Gasteiger partial charge in [-0.2, -0.15) is 0 Å². The zero-order chi connectivity index (χ0) is 21.1. The molecule has 0 atom stereocenters. The summed E-state index contributed by atoms with van der Waals surface area (Å²) < 4.78 is 0. The number of carbonyl (C=O) groups is 1. The zero-order valence-corrected chi connectivity index (χ0v) is 15.9. The van der Waals surface area contributed by atoms with Gasteiger partial charge in [-0.1, -0.05) is 42.5 Å². The van der Waals surface area contributed by atoms with Crippen LogP contribution in [0.5, 0.6) is 0 Å². The SMILES string of the molecule is NC(=O)c1ccc(-c2cc(-c3ccccc3)nc(-c3ccc([N+](=O)[O-])cc3)c2)cc1. The summed E-state index contributed by atoms with van der Waals surface area (Å²) in [5, 5.41) is 11.0. The van der Waals surface area contributed by atoms with Crippen molar-refractivity contribution in [1.82, 2.24) is 4.98 Å². The molecule has 6 heteroatoms. The lowest BCUT2D eigenvalue weighted by atomic mass is 9.99. The van der Waals surface area contributed by atoms with Gasteiger partial charge in [0, 0.05) is 28.8 Å². The Balaban J connectivity index is 1.84. The summed E-state index contributed by atoms with van der Waals surface area (Å²) in [4.78, 5) is 26.7. The second-order valence-corrected chi connectivity index (χ2v) is 6.74. The minimum atomic E-state index is -0.479. The second-order valence-electron chi connectivity index (χ2n) is 6.74. The van der Waals surface area contributed by atoms with E-state index >= 15 is 0 Å². The summed E-state index contributed by atoms with van der Waals surface area (Å²) in [5.74, 6) is -0.479. The molecule has 2 N–H and O–H groups in total. The van der Waals surface area contributed by atoms with Crippen molar-refractivity contribution in [2.45, 2.75) is 0 Å². The molecule has 1 aromatic heterocycles. The average Bonchev–Trinajstić information content (AvgIpc) is 2.79. The minimum Gasteiger partial charge on any atom is -0.366 e. The van der Waals surface area contributed by atoms with Gasteiger partial charge in [-0.15, -0.1) is 0 Å². The van der Waals surface area contributed by atoms with E-state index in [1.165, 1.54) is 12.1 Å². The maximum atomic E-state index is 11.4. The maximum absolute atomic E-state index is 11.4. The standard InChI is InChI=1S/C24H17N3O3/c25-24(28)19-8-6-16(7-9-19)20-14-22(17-4-2-1-3-5-17)26-23(15-20)18-10-12-21(13-11-18)27(29)30/h1-15H,(H2,25,28). The highest BCUT2D eigenvalue weighted by Crippen LogP contribution is 2.31. The number of nitrogens with two attached hydrogens (primary N) is 1. The van der Waals surface area contributed by atoms with Crippen molar-refractivity contribution in [2.24, 2.45) is 5.73 Å². The number of rotatable bonds is 5. The number of nitro groups is 1. The molecular formula is C24H17N3O3. The first-order valence-electron chi connectivity index (χ1n) is 9.24. The van der Waals surface area contributed by atoms with Crippen molar-refractivity contribution < 1.29 is 9.72 Å². The second kappa shape index (κ2) is 7.97. The van der Waals surface area contributed by atoms with Crippen molar-refractivity contribution in [3.05, 3.63) is 107 Å². The summed E-state index contributed by atoms with van der Waals surface area (Å²) in [5.41, 5.74) is 10.8. The smallest absolute Gasteiger partial charge is 0.269 e. The van der Waals surface area contributed by atoms with Crippen LogP contribution in [0.15, 0.2) is 91.0 Å². The van der Waals surface area contributed by atoms with Crippen LogP contribution < -0.4 is 5.73 Å². The lowest BCUT2D eigenvalue weighted by molar-refractivity contribution is -0.384. The van der Waals surface area contributed by atoms with Crippen molar-refractivity contribution in [3.8, 4) is 33.6 Å². The van der Waals surface area contributed by atoms with E-state index in [2.05, 4.69) is 0 Å². The van der Waals surface area contributed by atoms with Gasteiger partial charge in [0.15, 0.2) is 0 Å². The maximum Gasteiger partial charge on any atom is 0.269 e. The molecule has 1 heterocycles. The largest absolute Gasteiger partial charge is 0.366 e. The number of hydrogen-bond donors (Lipinski definition) is 1. The third-order valence-electron chi connectivity index (χ3n) is 4.77. The van der Waals surface area contributed by atoms with Gasteiger partial charge in [-0.25, -0.2) is 4.98 Å². The molecule has 4 rings (SSSR count). The van der Waals surface area contributed by atoms with Crippen molar-refractivity contribution in [2.75, 3.05) is 0 Å². The number of hydrogen-bond acceptors (Lipinski definition) is 4. The fraction of sp³-hybridized carbons (Fsp3) is 0. The Kier molecular flexibility index (Phi) is 5.05. The molecule has 0 fully saturated rings. The molecule has 0 aliphatic carbocycles. The molecule has 4 aromatic rings. The predicted molar refractivity (Wildman–Crippen MR) is 116 cm³/mol. The van der Waals surface area contributed by atoms with Crippen LogP contribution in [0.4, 0.5) is 5.69 Å². The van der Waals surface area contributed by atoms with Crippen LogP contribution in [-0.2, 0) is 0 Å². The van der Waals surface area contributed by atoms with E-state index in [4.69, 9.17) is 10.7 Å². The molecule has 0 aliphatic rings. The van der Waals surface area contributed by atoms with E-state index in [1.54, 1.807) is 24.3 Å². The van der Waals surface area contributed by atoms with Crippen molar-refractivity contribution in [1.29, 1.82) is 0 Å². The van der Waals surface area contributed by atoms with Crippen LogP contribution in [0.25, 0.3) is 33.6 Å². The van der Waals surface area contributed by atoms with Crippen LogP contribution in [0.3, 0.4) is 0 Å². The van der Waals surface area contributed by atoms with Gasteiger partial charge in [-0.3, -0.25) is 14.9 Å². The summed E-state index contributed by atoms with van der Waals surface area (Å²) in [7, 11) is 0. The van der Waals surface area contributed by atoms with E-state index in [1.807, 2.05) is 54.6 Å². The lowest BCUT2D eigenvalue weighted by Crippen LogP contribution is -2.10. The summed E-state index contributed by atoms with van der Waals surface area (Å²) in [6.45, 7) is 0. The summed E-state index contributed by atoms with van der Waals surface area (Å²) in [6, 6.07) is 27.0. The van der Waals surface area contributed by atoms with Gasteiger partial charge in [0.25, 0.3) is 5.69 Å². The summed E-state index contributed by atoms with van der Waals surface area (Å²) in [6.07, 6.45) is 0.